The molecule has 0 aliphatic rings. The van der Waals surface area contributed by atoms with Gasteiger partial charge in [0.25, 0.3) is 0 Å². The van der Waals surface area contributed by atoms with Crippen LogP contribution in [0.3, 0.4) is 0 Å². The van der Waals surface area contributed by atoms with E-state index in [2.05, 4.69) is 6.92 Å². The molecule has 0 aliphatic carbocycles. The number of ketones is 1. The van der Waals surface area contributed by atoms with E-state index in [1.807, 2.05) is 36.4 Å². The van der Waals surface area contributed by atoms with Crippen molar-refractivity contribution in [1.82, 2.24) is 0 Å². The smallest absolute Gasteiger partial charge is 0.167 e. The molecule has 3 nitrogen and oxygen atoms in total. The van der Waals surface area contributed by atoms with Crippen LogP contribution < -0.4 is 10.5 Å². The van der Waals surface area contributed by atoms with Crippen LogP contribution >= 0.6 is 0 Å². The van der Waals surface area contributed by atoms with Gasteiger partial charge < -0.3 is 10.5 Å². The third kappa shape index (κ3) is 3.85. The Hall–Kier alpha value is -2.29. The Bertz CT molecular complexity index is 576. The first-order chi connectivity index (χ1) is 9.69. The van der Waals surface area contributed by atoms with Crippen LogP contribution in [0.25, 0.3) is 0 Å². The standard InChI is InChI=1S/C17H19NO2/c1-2-10-20-16-8-6-14(7-9-16)17(19)12-13-4-3-5-15(18)11-13/h3-9,11H,2,10,12,18H2,1H3. The Morgan fingerprint density at radius 3 is 2.55 bits per heavy atom. The summed E-state index contributed by atoms with van der Waals surface area (Å²) in [6.07, 6.45) is 1.33. The molecule has 0 bridgehead atoms. The van der Waals surface area contributed by atoms with E-state index in [1.54, 1.807) is 12.1 Å². The quantitative estimate of drug-likeness (QED) is 0.645. The van der Waals surface area contributed by atoms with Crippen LogP contribution in [-0.2, 0) is 6.42 Å². The first kappa shape index (κ1) is 14.1. The highest BCUT2D eigenvalue weighted by atomic mass is 16.5. The molecular formula is C17H19NO2. The Balaban J connectivity index is 2.02. The molecule has 2 aromatic carbocycles. The fourth-order valence-electron chi connectivity index (χ4n) is 1.95. The zero-order valence-electron chi connectivity index (χ0n) is 11.6. The molecule has 2 rings (SSSR count). The van der Waals surface area contributed by atoms with Crippen LogP contribution in [0.15, 0.2) is 48.5 Å². The molecule has 0 unspecified atom stereocenters. The maximum Gasteiger partial charge on any atom is 0.167 e. The summed E-state index contributed by atoms with van der Waals surface area (Å²) in [4.78, 5) is 12.2. The van der Waals surface area contributed by atoms with Crippen molar-refractivity contribution >= 4 is 11.5 Å². The number of ether oxygens (including phenoxy) is 1. The van der Waals surface area contributed by atoms with E-state index >= 15 is 0 Å². The molecule has 0 saturated carbocycles. The minimum Gasteiger partial charge on any atom is -0.494 e. The van der Waals surface area contributed by atoms with Gasteiger partial charge in [-0.3, -0.25) is 4.79 Å². The summed E-state index contributed by atoms with van der Waals surface area (Å²) in [5, 5.41) is 0. The zero-order valence-corrected chi connectivity index (χ0v) is 11.6. The van der Waals surface area contributed by atoms with Gasteiger partial charge in [-0.1, -0.05) is 19.1 Å². The molecule has 0 aromatic heterocycles. The third-order valence-corrected chi connectivity index (χ3v) is 2.96. The number of nitrogen functional groups attached to an aromatic ring is 1. The van der Waals surface area contributed by atoms with E-state index < -0.39 is 0 Å². The average Bonchev–Trinajstić information content (AvgIpc) is 2.45. The largest absolute Gasteiger partial charge is 0.494 e. The maximum absolute atomic E-state index is 12.2. The predicted molar refractivity (Wildman–Crippen MR) is 81.1 cm³/mol. The molecule has 0 saturated heterocycles. The molecule has 0 atom stereocenters. The van der Waals surface area contributed by atoms with Gasteiger partial charge >= 0.3 is 0 Å². The molecule has 3 heteroatoms. The lowest BCUT2D eigenvalue weighted by atomic mass is 10.0. The lowest BCUT2D eigenvalue weighted by Crippen LogP contribution is -2.04. The summed E-state index contributed by atoms with van der Waals surface area (Å²) < 4.78 is 5.50. The first-order valence-electron chi connectivity index (χ1n) is 6.79. The number of carbonyl (C=O) groups is 1. The SMILES string of the molecule is CCCOc1ccc(C(=O)Cc2cccc(N)c2)cc1. The van der Waals surface area contributed by atoms with Gasteiger partial charge in [-0.2, -0.15) is 0 Å². The fraction of sp³-hybridized carbons (Fsp3) is 0.235. The van der Waals surface area contributed by atoms with Gasteiger partial charge in [0.15, 0.2) is 5.78 Å². The third-order valence-electron chi connectivity index (χ3n) is 2.96. The molecule has 2 aromatic rings. The Labute approximate surface area is 119 Å². The fourth-order valence-corrected chi connectivity index (χ4v) is 1.95. The van der Waals surface area contributed by atoms with E-state index in [-0.39, 0.29) is 5.78 Å². The predicted octanol–water partition coefficient (Wildman–Crippen LogP) is 3.48. The lowest BCUT2D eigenvalue weighted by Gasteiger charge is -2.06. The van der Waals surface area contributed by atoms with Gasteiger partial charge in [-0.15, -0.1) is 0 Å². The average molecular weight is 269 g/mol. The summed E-state index contributed by atoms with van der Waals surface area (Å²) in [6, 6.07) is 14.7. The highest BCUT2D eigenvalue weighted by Gasteiger charge is 2.07. The van der Waals surface area contributed by atoms with Crippen LogP contribution in [0.5, 0.6) is 5.75 Å². The van der Waals surface area contributed by atoms with Gasteiger partial charge in [0, 0.05) is 17.7 Å². The second-order valence-electron chi connectivity index (χ2n) is 4.72. The highest BCUT2D eigenvalue weighted by Crippen LogP contribution is 2.15. The van der Waals surface area contributed by atoms with Crippen molar-refractivity contribution < 1.29 is 9.53 Å². The number of nitrogens with two attached hydrogens (primary N) is 1. The lowest BCUT2D eigenvalue weighted by molar-refractivity contribution is 0.0993. The number of benzene rings is 2. The van der Waals surface area contributed by atoms with Crippen LogP contribution in [0.4, 0.5) is 5.69 Å². The zero-order chi connectivity index (χ0) is 14.4. The molecule has 0 radical (unpaired) electrons. The van der Waals surface area contributed by atoms with Gasteiger partial charge in [0.1, 0.15) is 5.75 Å². The van der Waals surface area contributed by atoms with Crippen LogP contribution in [0, 0.1) is 0 Å². The monoisotopic (exact) mass is 269 g/mol. The highest BCUT2D eigenvalue weighted by molar-refractivity contribution is 5.97. The summed E-state index contributed by atoms with van der Waals surface area (Å²) in [7, 11) is 0. The van der Waals surface area contributed by atoms with Crippen molar-refractivity contribution in [3.63, 3.8) is 0 Å². The van der Waals surface area contributed by atoms with Crippen molar-refractivity contribution in [1.29, 1.82) is 0 Å². The number of carbonyl (C=O) groups excluding carboxylic acids is 1. The summed E-state index contributed by atoms with van der Waals surface area (Å²) in [5.74, 6) is 0.880. The Kier molecular flexibility index (Phi) is 4.77. The maximum atomic E-state index is 12.2. The van der Waals surface area contributed by atoms with Crippen molar-refractivity contribution in [3.05, 3.63) is 59.7 Å². The van der Waals surface area contributed by atoms with Crippen molar-refractivity contribution in [2.45, 2.75) is 19.8 Å². The topological polar surface area (TPSA) is 52.3 Å². The van der Waals surface area contributed by atoms with E-state index in [0.29, 0.717) is 24.3 Å². The van der Waals surface area contributed by atoms with E-state index in [9.17, 15) is 4.79 Å². The molecule has 0 heterocycles. The Morgan fingerprint density at radius 1 is 1.15 bits per heavy atom. The minimum atomic E-state index is 0.0811. The Morgan fingerprint density at radius 2 is 1.90 bits per heavy atom. The number of Topliss-reactive ketones (excluding diaryl/α,β-unsaturated/α-hetero) is 1. The van der Waals surface area contributed by atoms with Crippen LogP contribution in [0.1, 0.15) is 29.3 Å². The van der Waals surface area contributed by atoms with E-state index in [1.165, 1.54) is 0 Å². The van der Waals surface area contributed by atoms with Crippen LogP contribution in [0.2, 0.25) is 0 Å². The molecule has 20 heavy (non-hydrogen) atoms. The minimum absolute atomic E-state index is 0.0811. The van der Waals surface area contributed by atoms with Gasteiger partial charge in [-0.05, 0) is 48.4 Å². The molecule has 0 amide bonds. The number of hydrogen-bond acceptors (Lipinski definition) is 3. The van der Waals surface area contributed by atoms with Crippen molar-refractivity contribution in [2.24, 2.45) is 0 Å². The van der Waals surface area contributed by atoms with Crippen molar-refractivity contribution in [3.8, 4) is 5.75 Å². The summed E-state index contributed by atoms with van der Waals surface area (Å²) in [5.41, 5.74) is 8.01. The normalized spacial score (nSPS) is 10.2. The second-order valence-corrected chi connectivity index (χ2v) is 4.72. The second kappa shape index (κ2) is 6.75. The molecule has 0 aliphatic heterocycles. The molecule has 2 N–H and O–H groups in total. The van der Waals surface area contributed by atoms with Gasteiger partial charge in [0.05, 0.1) is 6.61 Å². The summed E-state index contributed by atoms with van der Waals surface area (Å²) in [6.45, 7) is 2.75. The van der Waals surface area contributed by atoms with Gasteiger partial charge in [0.2, 0.25) is 0 Å². The molecule has 104 valence electrons. The first-order valence-corrected chi connectivity index (χ1v) is 6.79. The number of rotatable bonds is 6. The van der Waals surface area contributed by atoms with Crippen LogP contribution in [-0.4, -0.2) is 12.4 Å². The van der Waals surface area contributed by atoms with E-state index in [4.69, 9.17) is 10.5 Å². The van der Waals surface area contributed by atoms with Crippen molar-refractivity contribution in [2.75, 3.05) is 12.3 Å². The molecule has 0 fully saturated rings. The van der Waals surface area contributed by atoms with E-state index in [0.717, 1.165) is 17.7 Å². The number of hydrogen-bond donors (Lipinski definition) is 1. The molecular weight excluding hydrogens is 250 g/mol. The summed E-state index contributed by atoms with van der Waals surface area (Å²) >= 11 is 0. The van der Waals surface area contributed by atoms with Gasteiger partial charge in [-0.25, -0.2) is 0 Å². The number of anilines is 1. The molecule has 0 spiro atoms.